The summed E-state index contributed by atoms with van der Waals surface area (Å²) in [5, 5.41) is 12.4. The molecule has 4 nitrogen and oxygen atoms in total. The monoisotopic (exact) mass is 294 g/mol. The molecule has 3 fully saturated rings. The third-order valence-corrected chi connectivity index (χ3v) is 5.23. The first-order valence-corrected chi connectivity index (χ1v) is 8.21. The standard InChI is InChI=1S/C18H22N4/c1-13-18(15-9-11-22(13)12-10-15)19-17-8-7-16(20-21-17)14-5-3-2-4-6-14/h2-8,13,15,18H,9-12H2,1H3,(H,19,21)/t13-,18+/m1/s1. The molecular weight excluding hydrogens is 272 g/mol. The van der Waals surface area contributed by atoms with Crippen molar-refractivity contribution in [3.63, 3.8) is 0 Å². The molecule has 5 rings (SSSR count). The Bertz CT molecular complexity index is 615. The Morgan fingerprint density at radius 2 is 1.77 bits per heavy atom. The SMILES string of the molecule is C[C@@H]1[C@H](Nc2ccc(-c3ccccc3)nn2)C2CCN1CC2. The third-order valence-electron chi connectivity index (χ3n) is 5.23. The molecule has 0 unspecified atom stereocenters. The zero-order chi connectivity index (χ0) is 14.9. The van der Waals surface area contributed by atoms with Crippen LogP contribution >= 0.6 is 0 Å². The zero-order valence-corrected chi connectivity index (χ0v) is 12.9. The van der Waals surface area contributed by atoms with Gasteiger partial charge in [0.1, 0.15) is 5.82 Å². The van der Waals surface area contributed by atoms with E-state index in [2.05, 4.69) is 51.6 Å². The van der Waals surface area contributed by atoms with E-state index in [4.69, 9.17) is 0 Å². The van der Waals surface area contributed by atoms with Gasteiger partial charge in [0.15, 0.2) is 0 Å². The number of fused-ring (bicyclic) bond motifs is 3. The van der Waals surface area contributed by atoms with E-state index in [1.165, 1.54) is 25.9 Å². The predicted octanol–water partition coefficient (Wildman–Crippen LogP) is 3.04. The molecule has 1 aromatic heterocycles. The molecule has 3 aliphatic rings. The van der Waals surface area contributed by atoms with E-state index in [-0.39, 0.29) is 0 Å². The molecule has 114 valence electrons. The van der Waals surface area contributed by atoms with Gasteiger partial charge in [0.2, 0.25) is 0 Å². The Balaban J connectivity index is 1.50. The quantitative estimate of drug-likeness (QED) is 0.944. The summed E-state index contributed by atoms with van der Waals surface area (Å²) >= 11 is 0. The van der Waals surface area contributed by atoms with Crippen LogP contribution < -0.4 is 5.32 Å². The minimum Gasteiger partial charge on any atom is -0.364 e. The Hall–Kier alpha value is -1.94. The number of anilines is 1. The molecule has 0 spiro atoms. The highest BCUT2D eigenvalue weighted by Crippen LogP contribution is 2.33. The van der Waals surface area contributed by atoms with Crippen molar-refractivity contribution in [3.05, 3.63) is 42.5 Å². The van der Waals surface area contributed by atoms with E-state index in [1.54, 1.807) is 0 Å². The van der Waals surface area contributed by atoms with Crippen LogP contribution in [0.1, 0.15) is 19.8 Å². The van der Waals surface area contributed by atoms with Crippen LogP contribution in [0.5, 0.6) is 0 Å². The maximum Gasteiger partial charge on any atom is 0.148 e. The van der Waals surface area contributed by atoms with E-state index in [0.717, 1.165) is 23.0 Å². The molecule has 4 heterocycles. The smallest absolute Gasteiger partial charge is 0.148 e. The van der Waals surface area contributed by atoms with Crippen molar-refractivity contribution in [2.24, 2.45) is 5.92 Å². The topological polar surface area (TPSA) is 41.1 Å². The second-order valence-corrected chi connectivity index (χ2v) is 6.45. The molecule has 1 aromatic carbocycles. The molecule has 1 N–H and O–H groups in total. The van der Waals surface area contributed by atoms with Gasteiger partial charge in [-0.3, -0.25) is 4.90 Å². The van der Waals surface area contributed by atoms with Crippen molar-refractivity contribution in [1.29, 1.82) is 0 Å². The maximum atomic E-state index is 4.39. The first kappa shape index (κ1) is 13.7. The summed E-state index contributed by atoms with van der Waals surface area (Å²) in [4.78, 5) is 2.59. The van der Waals surface area contributed by atoms with Gasteiger partial charge in [-0.1, -0.05) is 30.3 Å². The van der Waals surface area contributed by atoms with Crippen LogP contribution in [-0.2, 0) is 0 Å². The summed E-state index contributed by atoms with van der Waals surface area (Å²) in [6.45, 7) is 4.83. The fraction of sp³-hybridized carbons (Fsp3) is 0.444. The maximum absolute atomic E-state index is 4.39. The van der Waals surface area contributed by atoms with Gasteiger partial charge >= 0.3 is 0 Å². The highest BCUT2D eigenvalue weighted by Gasteiger charge is 2.39. The number of piperidine rings is 3. The van der Waals surface area contributed by atoms with Crippen molar-refractivity contribution in [3.8, 4) is 11.3 Å². The Labute approximate surface area is 131 Å². The van der Waals surface area contributed by atoms with E-state index in [0.29, 0.717) is 12.1 Å². The van der Waals surface area contributed by atoms with Gasteiger partial charge in [0, 0.05) is 17.6 Å². The molecule has 2 aromatic rings. The van der Waals surface area contributed by atoms with Gasteiger partial charge in [0.05, 0.1) is 5.69 Å². The lowest BCUT2D eigenvalue weighted by atomic mass is 9.79. The first-order valence-electron chi connectivity index (χ1n) is 8.21. The Morgan fingerprint density at radius 3 is 2.41 bits per heavy atom. The van der Waals surface area contributed by atoms with Crippen molar-refractivity contribution in [2.75, 3.05) is 18.4 Å². The number of nitrogens with one attached hydrogen (secondary N) is 1. The van der Waals surface area contributed by atoms with Crippen LogP contribution in [0.4, 0.5) is 5.82 Å². The summed E-state index contributed by atoms with van der Waals surface area (Å²) < 4.78 is 0. The average molecular weight is 294 g/mol. The fourth-order valence-electron chi connectivity index (χ4n) is 3.89. The van der Waals surface area contributed by atoms with E-state index in [9.17, 15) is 0 Å². The van der Waals surface area contributed by atoms with Gasteiger partial charge in [-0.25, -0.2) is 0 Å². The highest BCUT2D eigenvalue weighted by atomic mass is 15.2. The zero-order valence-electron chi connectivity index (χ0n) is 12.9. The number of benzene rings is 1. The molecule has 3 saturated heterocycles. The second kappa shape index (κ2) is 5.69. The van der Waals surface area contributed by atoms with Crippen molar-refractivity contribution in [2.45, 2.75) is 31.8 Å². The average Bonchev–Trinajstić information content (AvgIpc) is 2.60. The number of hydrogen-bond donors (Lipinski definition) is 1. The van der Waals surface area contributed by atoms with Gasteiger partial charge < -0.3 is 5.32 Å². The number of rotatable bonds is 3. The first-order chi connectivity index (χ1) is 10.8. The van der Waals surface area contributed by atoms with E-state index >= 15 is 0 Å². The van der Waals surface area contributed by atoms with Crippen LogP contribution in [-0.4, -0.2) is 40.3 Å². The lowest BCUT2D eigenvalue weighted by Gasteiger charge is -2.50. The lowest BCUT2D eigenvalue weighted by molar-refractivity contribution is 0.0457. The van der Waals surface area contributed by atoms with Crippen molar-refractivity contribution in [1.82, 2.24) is 15.1 Å². The largest absolute Gasteiger partial charge is 0.364 e. The van der Waals surface area contributed by atoms with Crippen LogP contribution in [0, 0.1) is 5.92 Å². The van der Waals surface area contributed by atoms with E-state index in [1.807, 2.05) is 18.2 Å². The van der Waals surface area contributed by atoms with Crippen LogP contribution in [0.15, 0.2) is 42.5 Å². The van der Waals surface area contributed by atoms with Crippen molar-refractivity contribution < 1.29 is 0 Å². The van der Waals surface area contributed by atoms with Crippen molar-refractivity contribution >= 4 is 5.82 Å². The van der Waals surface area contributed by atoms with Crippen LogP contribution in [0.3, 0.4) is 0 Å². The molecule has 2 atom stereocenters. The number of hydrogen-bond acceptors (Lipinski definition) is 4. The summed E-state index contributed by atoms with van der Waals surface area (Å²) in [6.07, 6.45) is 2.61. The summed E-state index contributed by atoms with van der Waals surface area (Å²) in [5.74, 6) is 1.67. The summed E-state index contributed by atoms with van der Waals surface area (Å²) in [5.41, 5.74) is 2.03. The van der Waals surface area contributed by atoms with Gasteiger partial charge in [-0.15, -0.1) is 10.2 Å². The second-order valence-electron chi connectivity index (χ2n) is 6.45. The molecule has 2 bridgehead atoms. The third kappa shape index (κ3) is 2.48. The van der Waals surface area contributed by atoms with E-state index < -0.39 is 0 Å². The summed E-state index contributed by atoms with van der Waals surface area (Å²) in [6, 6.07) is 15.4. The minimum absolute atomic E-state index is 0.499. The molecule has 0 radical (unpaired) electrons. The summed E-state index contributed by atoms with van der Waals surface area (Å²) in [7, 11) is 0. The lowest BCUT2D eigenvalue weighted by Crippen LogP contribution is -2.59. The number of aromatic nitrogens is 2. The molecule has 0 aliphatic carbocycles. The minimum atomic E-state index is 0.499. The molecule has 0 amide bonds. The van der Waals surface area contributed by atoms with Crippen LogP contribution in [0.2, 0.25) is 0 Å². The molecular formula is C18H22N4. The molecule has 0 saturated carbocycles. The van der Waals surface area contributed by atoms with Crippen LogP contribution in [0.25, 0.3) is 11.3 Å². The van der Waals surface area contributed by atoms with Gasteiger partial charge in [0.25, 0.3) is 0 Å². The highest BCUT2D eigenvalue weighted by molar-refractivity contribution is 5.59. The Morgan fingerprint density at radius 1 is 1.00 bits per heavy atom. The van der Waals surface area contributed by atoms with Gasteiger partial charge in [-0.05, 0) is 50.9 Å². The fourth-order valence-corrected chi connectivity index (χ4v) is 3.89. The van der Waals surface area contributed by atoms with Gasteiger partial charge in [-0.2, -0.15) is 0 Å². The Kier molecular flexibility index (Phi) is 3.54. The normalized spacial score (nSPS) is 30.2. The molecule has 4 heteroatoms. The predicted molar refractivity (Wildman–Crippen MR) is 88.6 cm³/mol. The molecule has 3 aliphatic heterocycles. The molecule has 22 heavy (non-hydrogen) atoms. The number of nitrogens with zero attached hydrogens (tertiary/aromatic N) is 3.